The van der Waals surface area contributed by atoms with Gasteiger partial charge in [-0.05, 0) is 55.5 Å². The number of nitrogens with one attached hydrogen (secondary N) is 2. The minimum absolute atomic E-state index is 0.0766. The van der Waals surface area contributed by atoms with Crippen LogP contribution in [0.1, 0.15) is 28.8 Å². The average Bonchev–Trinajstić information content (AvgIpc) is 2.88. The van der Waals surface area contributed by atoms with Gasteiger partial charge in [-0.1, -0.05) is 12.1 Å². The quantitative estimate of drug-likeness (QED) is 0.699. The number of aromatic amines is 1. The van der Waals surface area contributed by atoms with Crippen molar-refractivity contribution in [2.24, 2.45) is 7.05 Å². The SMILES string of the molecule is Cc1nc2c(c(C)c1CCC(=O)NCCc1cccc(F)c1)c(=O)[nH]n2C. The maximum Gasteiger partial charge on any atom is 0.273 e. The van der Waals surface area contributed by atoms with Gasteiger partial charge in [0.05, 0.1) is 5.39 Å². The summed E-state index contributed by atoms with van der Waals surface area (Å²) in [4.78, 5) is 28.8. The Morgan fingerprint density at radius 1 is 1.30 bits per heavy atom. The lowest BCUT2D eigenvalue weighted by atomic mass is 10.00. The van der Waals surface area contributed by atoms with Crippen molar-refractivity contribution in [3.8, 4) is 0 Å². The van der Waals surface area contributed by atoms with E-state index in [9.17, 15) is 14.0 Å². The zero-order valence-electron chi connectivity index (χ0n) is 15.7. The maximum absolute atomic E-state index is 13.2. The number of aryl methyl sites for hydroxylation is 3. The molecular weight excluding hydrogens is 347 g/mol. The molecule has 7 heteroatoms. The fourth-order valence-electron chi connectivity index (χ4n) is 3.38. The number of nitrogens with zero attached hydrogens (tertiary/aromatic N) is 2. The van der Waals surface area contributed by atoms with Crippen molar-refractivity contribution < 1.29 is 9.18 Å². The number of hydrogen-bond donors (Lipinski definition) is 2. The highest BCUT2D eigenvalue weighted by molar-refractivity contribution is 5.81. The summed E-state index contributed by atoms with van der Waals surface area (Å²) in [5.41, 5.74) is 3.92. The molecule has 0 saturated heterocycles. The zero-order valence-corrected chi connectivity index (χ0v) is 15.7. The van der Waals surface area contributed by atoms with E-state index >= 15 is 0 Å². The number of carbonyl (C=O) groups is 1. The molecule has 0 radical (unpaired) electrons. The van der Waals surface area contributed by atoms with E-state index in [0.717, 1.165) is 22.4 Å². The Hall–Kier alpha value is -2.96. The Morgan fingerprint density at radius 3 is 2.81 bits per heavy atom. The number of pyridine rings is 1. The summed E-state index contributed by atoms with van der Waals surface area (Å²) in [5.74, 6) is -0.351. The molecular formula is C20H23FN4O2. The Labute approximate surface area is 156 Å². The van der Waals surface area contributed by atoms with E-state index in [-0.39, 0.29) is 17.3 Å². The molecule has 0 aliphatic rings. The fraction of sp³-hybridized carbons (Fsp3) is 0.350. The van der Waals surface area contributed by atoms with Gasteiger partial charge in [-0.25, -0.2) is 9.37 Å². The molecule has 2 N–H and O–H groups in total. The van der Waals surface area contributed by atoms with Crippen molar-refractivity contribution in [1.29, 1.82) is 0 Å². The van der Waals surface area contributed by atoms with Crippen LogP contribution in [0.15, 0.2) is 29.1 Å². The van der Waals surface area contributed by atoms with E-state index in [2.05, 4.69) is 15.4 Å². The van der Waals surface area contributed by atoms with Gasteiger partial charge in [0, 0.05) is 25.7 Å². The summed E-state index contributed by atoms with van der Waals surface area (Å²) in [6, 6.07) is 6.36. The molecule has 2 aromatic heterocycles. The van der Waals surface area contributed by atoms with E-state index < -0.39 is 0 Å². The van der Waals surface area contributed by atoms with Crippen LogP contribution in [0, 0.1) is 19.7 Å². The molecule has 3 rings (SSSR count). The van der Waals surface area contributed by atoms with Crippen molar-refractivity contribution in [2.75, 3.05) is 6.54 Å². The first-order valence-electron chi connectivity index (χ1n) is 8.92. The Kier molecular flexibility index (Phi) is 5.39. The van der Waals surface area contributed by atoms with Crippen LogP contribution >= 0.6 is 0 Å². The van der Waals surface area contributed by atoms with Gasteiger partial charge >= 0.3 is 0 Å². The number of H-pyrrole nitrogens is 1. The van der Waals surface area contributed by atoms with Crippen LogP contribution in [0.4, 0.5) is 4.39 Å². The number of carbonyl (C=O) groups excluding carboxylic acids is 1. The lowest BCUT2D eigenvalue weighted by Gasteiger charge is -2.11. The van der Waals surface area contributed by atoms with Crippen LogP contribution < -0.4 is 10.9 Å². The van der Waals surface area contributed by atoms with Gasteiger partial charge in [-0.3, -0.25) is 19.4 Å². The second kappa shape index (κ2) is 7.73. The summed E-state index contributed by atoms with van der Waals surface area (Å²) in [7, 11) is 1.75. The number of rotatable bonds is 6. The highest BCUT2D eigenvalue weighted by Gasteiger charge is 2.16. The predicted molar refractivity (Wildman–Crippen MR) is 102 cm³/mol. The lowest BCUT2D eigenvalue weighted by Crippen LogP contribution is -2.26. The van der Waals surface area contributed by atoms with Gasteiger partial charge in [0.1, 0.15) is 5.82 Å². The molecule has 0 aliphatic carbocycles. The third kappa shape index (κ3) is 4.07. The average molecular weight is 370 g/mol. The van der Waals surface area contributed by atoms with Crippen LogP contribution in [0.5, 0.6) is 0 Å². The number of halogens is 1. The van der Waals surface area contributed by atoms with Gasteiger partial charge in [-0.15, -0.1) is 0 Å². The number of aromatic nitrogens is 3. The minimum Gasteiger partial charge on any atom is -0.356 e. The van der Waals surface area contributed by atoms with E-state index in [1.54, 1.807) is 17.8 Å². The second-order valence-electron chi connectivity index (χ2n) is 6.73. The zero-order chi connectivity index (χ0) is 19.6. The molecule has 0 spiro atoms. The molecule has 1 amide bonds. The summed E-state index contributed by atoms with van der Waals surface area (Å²) in [6.07, 6.45) is 1.40. The van der Waals surface area contributed by atoms with Gasteiger partial charge < -0.3 is 5.32 Å². The van der Waals surface area contributed by atoms with E-state index in [1.807, 2.05) is 19.9 Å². The van der Waals surface area contributed by atoms with Crippen LogP contribution in [-0.2, 0) is 24.7 Å². The van der Waals surface area contributed by atoms with Gasteiger partial charge in [-0.2, -0.15) is 0 Å². The van der Waals surface area contributed by atoms with Crippen LogP contribution in [0.25, 0.3) is 11.0 Å². The largest absolute Gasteiger partial charge is 0.356 e. The molecule has 0 unspecified atom stereocenters. The second-order valence-corrected chi connectivity index (χ2v) is 6.73. The third-order valence-corrected chi connectivity index (χ3v) is 4.80. The molecule has 6 nitrogen and oxygen atoms in total. The highest BCUT2D eigenvalue weighted by Crippen LogP contribution is 2.21. The van der Waals surface area contributed by atoms with Crippen LogP contribution in [0.2, 0.25) is 0 Å². The Morgan fingerprint density at radius 2 is 2.07 bits per heavy atom. The molecule has 2 heterocycles. The summed E-state index contributed by atoms with van der Waals surface area (Å²) < 4.78 is 14.8. The van der Waals surface area contributed by atoms with E-state index in [4.69, 9.17) is 0 Å². The van der Waals surface area contributed by atoms with Crippen molar-refractivity contribution in [1.82, 2.24) is 20.1 Å². The topological polar surface area (TPSA) is 79.8 Å². The van der Waals surface area contributed by atoms with Crippen molar-refractivity contribution in [2.45, 2.75) is 33.1 Å². The van der Waals surface area contributed by atoms with Gasteiger partial charge in [0.2, 0.25) is 5.91 Å². The molecule has 0 aliphatic heterocycles. The smallest absolute Gasteiger partial charge is 0.273 e. The van der Waals surface area contributed by atoms with Crippen LogP contribution in [-0.4, -0.2) is 27.2 Å². The van der Waals surface area contributed by atoms with Crippen LogP contribution in [0.3, 0.4) is 0 Å². The third-order valence-electron chi connectivity index (χ3n) is 4.80. The first kappa shape index (κ1) is 18.8. The molecule has 27 heavy (non-hydrogen) atoms. The predicted octanol–water partition coefficient (Wildman–Crippen LogP) is 2.31. The normalized spacial score (nSPS) is 11.1. The Bertz CT molecular complexity index is 1050. The van der Waals surface area contributed by atoms with Gasteiger partial charge in [0.25, 0.3) is 5.56 Å². The minimum atomic E-state index is -0.274. The Balaban J connectivity index is 1.62. The van der Waals surface area contributed by atoms with E-state index in [1.165, 1.54) is 12.1 Å². The lowest BCUT2D eigenvalue weighted by molar-refractivity contribution is -0.121. The standard InChI is InChI=1S/C20H23FN4O2/c1-12-16(13(2)23-19-18(12)20(27)24-25(19)3)7-8-17(26)22-10-9-14-5-4-6-15(21)11-14/h4-6,11H,7-10H2,1-3H3,(H,22,26)(H,24,27). The first-order valence-corrected chi connectivity index (χ1v) is 8.92. The van der Waals surface area contributed by atoms with E-state index in [0.29, 0.717) is 36.8 Å². The summed E-state index contributed by atoms with van der Waals surface area (Å²) >= 11 is 0. The molecule has 0 fully saturated rings. The first-order chi connectivity index (χ1) is 12.9. The molecule has 142 valence electrons. The number of benzene rings is 1. The number of fused-ring (bicyclic) bond motifs is 1. The molecule has 0 saturated carbocycles. The van der Waals surface area contributed by atoms with Gasteiger partial charge in [0.15, 0.2) is 5.65 Å². The maximum atomic E-state index is 13.2. The fourth-order valence-corrected chi connectivity index (χ4v) is 3.38. The molecule has 0 bridgehead atoms. The van der Waals surface area contributed by atoms with Crippen molar-refractivity contribution >= 4 is 16.9 Å². The van der Waals surface area contributed by atoms with Crippen molar-refractivity contribution in [3.63, 3.8) is 0 Å². The monoisotopic (exact) mass is 370 g/mol. The highest BCUT2D eigenvalue weighted by atomic mass is 19.1. The number of hydrogen-bond acceptors (Lipinski definition) is 3. The summed E-state index contributed by atoms with van der Waals surface area (Å²) in [6.45, 7) is 4.24. The molecule has 1 aromatic carbocycles. The molecule has 0 atom stereocenters. The number of amides is 1. The molecule has 3 aromatic rings. The van der Waals surface area contributed by atoms with Crippen molar-refractivity contribution in [3.05, 3.63) is 62.8 Å². The summed E-state index contributed by atoms with van der Waals surface area (Å²) in [5, 5.41) is 6.15.